The van der Waals surface area contributed by atoms with E-state index in [0.29, 0.717) is 6.61 Å². The van der Waals surface area contributed by atoms with E-state index < -0.39 is 0 Å². The van der Waals surface area contributed by atoms with E-state index in [4.69, 9.17) is 9.84 Å². The van der Waals surface area contributed by atoms with Gasteiger partial charge in [-0.05, 0) is 35.4 Å². The zero-order chi connectivity index (χ0) is 20.9. The zero-order valence-electron chi connectivity index (χ0n) is 17.1. The molecule has 0 aliphatic carbocycles. The van der Waals surface area contributed by atoms with Gasteiger partial charge in [0.2, 0.25) is 0 Å². The van der Waals surface area contributed by atoms with E-state index in [0.717, 1.165) is 28.3 Å². The Morgan fingerprint density at radius 2 is 1.13 bits per heavy atom. The van der Waals surface area contributed by atoms with Crippen LogP contribution in [0.5, 0.6) is 5.75 Å². The van der Waals surface area contributed by atoms with Crippen molar-refractivity contribution in [2.24, 2.45) is 0 Å². The van der Waals surface area contributed by atoms with Crippen LogP contribution in [0.1, 0.15) is 5.56 Å². The molecule has 4 aromatic carbocycles. The molecule has 0 atom stereocenters. The van der Waals surface area contributed by atoms with E-state index in [1.165, 1.54) is 11.1 Å². The average Bonchev–Trinajstić information content (AvgIpc) is 3.29. The van der Waals surface area contributed by atoms with Crippen LogP contribution >= 0.6 is 0 Å². The Bertz CT molecular complexity index is 1250. The quantitative estimate of drug-likeness (QED) is 0.313. The van der Waals surface area contributed by atoms with Gasteiger partial charge in [0.05, 0.1) is 11.4 Å². The van der Waals surface area contributed by atoms with Crippen LogP contribution in [-0.4, -0.2) is 9.78 Å². The lowest BCUT2D eigenvalue weighted by molar-refractivity contribution is 0.306. The molecule has 0 radical (unpaired) electrons. The molecule has 0 aliphatic heterocycles. The predicted octanol–water partition coefficient (Wildman–Crippen LogP) is 6.79. The molecular formula is C28H22N2O. The zero-order valence-corrected chi connectivity index (χ0v) is 17.1. The van der Waals surface area contributed by atoms with Gasteiger partial charge in [0.25, 0.3) is 0 Å². The largest absolute Gasteiger partial charge is 0.489 e. The monoisotopic (exact) mass is 402 g/mol. The van der Waals surface area contributed by atoms with Gasteiger partial charge in [-0.15, -0.1) is 0 Å². The first-order valence-electron chi connectivity index (χ1n) is 10.3. The molecule has 0 bridgehead atoms. The summed E-state index contributed by atoms with van der Waals surface area (Å²) in [7, 11) is 0. The van der Waals surface area contributed by atoms with Crippen molar-refractivity contribution in [3.63, 3.8) is 0 Å². The van der Waals surface area contributed by atoms with Crippen molar-refractivity contribution in [1.82, 2.24) is 9.78 Å². The third-order valence-corrected chi connectivity index (χ3v) is 5.21. The number of rotatable bonds is 6. The van der Waals surface area contributed by atoms with Crippen LogP contribution in [0, 0.1) is 0 Å². The van der Waals surface area contributed by atoms with Gasteiger partial charge in [-0.25, -0.2) is 4.68 Å². The van der Waals surface area contributed by atoms with E-state index in [2.05, 4.69) is 66.9 Å². The van der Waals surface area contributed by atoms with Gasteiger partial charge >= 0.3 is 0 Å². The molecular weight excluding hydrogens is 380 g/mol. The topological polar surface area (TPSA) is 27.1 Å². The molecule has 0 amide bonds. The molecule has 0 aliphatic rings. The fraction of sp³-hybridized carbons (Fsp3) is 0.0357. The van der Waals surface area contributed by atoms with E-state index >= 15 is 0 Å². The maximum atomic E-state index is 6.14. The first-order chi connectivity index (χ1) is 15.4. The fourth-order valence-corrected chi connectivity index (χ4v) is 3.60. The second kappa shape index (κ2) is 8.72. The lowest BCUT2D eigenvalue weighted by atomic mass is 10.1. The van der Waals surface area contributed by atoms with E-state index in [9.17, 15) is 0 Å². The maximum Gasteiger partial charge on any atom is 0.119 e. The minimum atomic E-state index is 0.446. The van der Waals surface area contributed by atoms with Crippen LogP contribution in [0.2, 0.25) is 0 Å². The molecule has 150 valence electrons. The average molecular weight is 402 g/mol. The SMILES string of the molecule is c1ccc(-c2ccc(OCc3cn(-c4ccccc4)nc3-c3ccccc3)cc2)cc1. The molecule has 5 rings (SSSR count). The Kier molecular flexibility index (Phi) is 5.31. The van der Waals surface area contributed by atoms with Gasteiger partial charge in [-0.3, -0.25) is 0 Å². The molecule has 0 spiro atoms. The van der Waals surface area contributed by atoms with Crippen molar-refractivity contribution in [1.29, 1.82) is 0 Å². The summed E-state index contributed by atoms with van der Waals surface area (Å²) >= 11 is 0. The molecule has 5 aromatic rings. The minimum absolute atomic E-state index is 0.446. The fourth-order valence-electron chi connectivity index (χ4n) is 3.60. The standard InChI is InChI=1S/C28H22N2O/c1-4-10-22(11-5-1)23-16-18-27(19-17-23)31-21-25-20-30(26-14-8-3-9-15-26)29-28(25)24-12-6-2-7-13-24/h1-20H,21H2. The van der Waals surface area contributed by atoms with E-state index in [-0.39, 0.29) is 0 Å². The Morgan fingerprint density at radius 1 is 0.581 bits per heavy atom. The summed E-state index contributed by atoms with van der Waals surface area (Å²) in [6.07, 6.45) is 2.05. The summed E-state index contributed by atoms with van der Waals surface area (Å²) in [6.45, 7) is 0.446. The van der Waals surface area contributed by atoms with Crippen LogP contribution in [-0.2, 0) is 6.61 Å². The Balaban J connectivity index is 1.40. The second-order valence-electron chi connectivity index (χ2n) is 7.33. The maximum absolute atomic E-state index is 6.14. The molecule has 1 heterocycles. The molecule has 0 fully saturated rings. The normalized spacial score (nSPS) is 10.7. The number of ether oxygens (including phenoxy) is 1. The summed E-state index contributed by atoms with van der Waals surface area (Å²) in [5.41, 5.74) is 6.46. The van der Waals surface area contributed by atoms with Crippen molar-refractivity contribution in [2.45, 2.75) is 6.61 Å². The van der Waals surface area contributed by atoms with Crippen molar-refractivity contribution in [3.05, 3.63) is 127 Å². The smallest absolute Gasteiger partial charge is 0.119 e. The number of aromatic nitrogens is 2. The molecule has 3 heteroatoms. The van der Waals surface area contributed by atoms with Crippen LogP contribution in [0.4, 0.5) is 0 Å². The predicted molar refractivity (Wildman–Crippen MR) is 125 cm³/mol. The van der Waals surface area contributed by atoms with Gasteiger partial charge < -0.3 is 4.74 Å². The van der Waals surface area contributed by atoms with Crippen molar-refractivity contribution in [2.75, 3.05) is 0 Å². The molecule has 0 unspecified atom stereocenters. The highest BCUT2D eigenvalue weighted by Crippen LogP contribution is 2.26. The third-order valence-electron chi connectivity index (χ3n) is 5.21. The Labute approximate surface area is 182 Å². The van der Waals surface area contributed by atoms with Crippen molar-refractivity contribution < 1.29 is 4.74 Å². The van der Waals surface area contributed by atoms with Gasteiger partial charge in [-0.2, -0.15) is 5.10 Å². The van der Waals surface area contributed by atoms with Gasteiger partial charge in [0.15, 0.2) is 0 Å². The highest BCUT2D eigenvalue weighted by Gasteiger charge is 2.13. The van der Waals surface area contributed by atoms with Gasteiger partial charge in [-0.1, -0.05) is 91.0 Å². The minimum Gasteiger partial charge on any atom is -0.489 e. The number of hydrogen-bond acceptors (Lipinski definition) is 2. The molecule has 0 saturated carbocycles. The summed E-state index contributed by atoms with van der Waals surface area (Å²) in [5.74, 6) is 0.839. The molecule has 31 heavy (non-hydrogen) atoms. The highest BCUT2D eigenvalue weighted by atomic mass is 16.5. The highest BCUT2D eigenvalue weighted by molar-refractivity contribution is 5.64. The Morgan fingerprint density at radius 3 is 1.77 bits per heavy atom. The van der Waals surface area contributed by atoms with Crippen LogP contribution in [0.25, 0.3) is 28.1 Å². The first-order valence-corrected chi connectivity index (χ1v) is 10.3. The second-order valence-corrected chi connectivity index (χ2v) is 7.33. The van der Waals surface area contributed by atoms with Crippen molar-refractivity contribution in [3.8, 4) is 33.8 Å². The van der Waals surface area contributed by atoms with Crippen LogP contribution in [0.15, 0.2) is 121 Å². The summed E-state index contributed by atoms with van der Waals surface area (Å²) in [4.78, 5) is 0. The third kappa shape index (κ3) is 4.26. The van der Waals surface area contributed by atoms with E-state index in [1.807, 2.05) is 59.3 Å². The summed E-state index contributed by atoms with van der Waals surface area (Å²) in [6, 6.07) is 39.0. The number of hydrogen-bond donors (Lipinski definition) is 0. The summed E-state index contributed by atoms with van der Waals surface area (Å²) in [5, 5.41) is 4.85. The van der Waals surface area contributed by atoms with Gasteiger partial charge in [0, 0.05) is 17.3 Å². The molecule has 3 nitrogen and oxygen atoms in total. The Hall–Kier alpha value is -4.11. The number of nitrogens with zero attached hydrogens (tertiary/aromatic N) is 2. The lowest BCUT2D eigenvalue weighted by Crippen LogP contribution is -1.96. The van der Waals surface area contributed by atoms with Crippen LogP contribution in [0.3, 0.4) is 0 Å². The first kappa shape index (κ1) is 18.9. The molecule has 0 saturated heterocycles. The van der Waals surface area contributed by atoms with Crippen LogP contribution < -0.4 is 4.74 Å². The van der Waals surface area contributed by atoms with Gasteiger partial charge in [0.1, 0.15) is 12.4 Å². The number of benzene rings is 4. The number of para-hydroxylation sites is 1. The summed E-state index contributed by atoms with van der Waals surface area (Å²) < 4.78 is 8.06. The van der Waals surface area contributed by atoms with Crippen molar-refractivity contribution >= 4 is 0 Å². The molecule has 1 aromatic heterocycles. The van der Waals surface area contributed by atoms with E-state index in [1.54, 1.807) is 0 Å². The lowest BCUT2D eigenvalue weighted by Gasteiger charge is -2.08. The molecule has 0 N–H and O–H groups in total.